The summed E-state index contributed by atoms with van der Waals surface area (Å²) in [6.07, 6.45) is 1.47. The van der Waals surface area contributed by atoms with E-state index in [0.717, 1.165) is 20.8 Å². The Morgan fingerprint density at radius 1 is 1.03 bits per heavy atom. The van der Waals surface area contributed by atoms with Crippen LogP contribution in [0.1, 0.15) is 21.5 Å². The first kappa shape index (κ1) is 23.1. The van der Waals surface area contributed by atoms with Crippen LogP contribution in [0.25, 0.3) is 10.8 Å². The predicted octanol–water partition coefficient (Wildman–Crippen LogP) is 6.96. The Morgan fingerprint density at radius 2 is 1.79 bits per heavy atom. The minimum Gasteiger partial charge on any atom is -0.507 e. The smallest absolute Gasteiger partial charge is 0.275 e. The number of nitrogens with one attached hydrogen (secondary N) is 1. The van der Waals surface area contributed by atoms with Gasteiger partial charge in [-0.2, -0.15) is 5.10 Å². The van der Waals surface area contributed by atoms with E-state index in [1.807, 2.05) is 36.4 Å². The second-order valence-electron chi connectivity index (χ2n) is 7.12. The number of fused-ring (bicyclic) bond motifs is 1. The average Bonchev–Trinajstić information content (AvgIpc) is 2.79. The summed E-state index contributed by atoms with van der Waals surface area (Å²) in [5, 5.41) is 17.0. The van der Waals surface area contributed by atoms with Crippen molar-refractivity contribution in [2.75, 3.05) is 0 Å². The number of ether oxygens (including phenoxy) is 1. The number of amides is 1. The fraction of sp³-hybridized carbons (Fsp3) is 0.0400. The molecule has 4 rings (SSSR count). The number of nitrogens with zero attached hydrogens (tertiary/aromatic N) is 1. The zero-order valence-electron chi connectivity index (χ0n) is 17.1. The lowest BCUT2D eigenvalue weighted by atomic mass is 10.1. The van der Waals surface area contributed by atoms with Crippen LogP contribution in [0.5, 0.6) is 11.5 Å². The Bertz CT molecular complexity index is 1380. The first-order valence-electron chi connectivity index (χ1n) is 9.82. The number of hydrogen-bond donors (Lipinski definition) is 2. The van der Waals surface area contributed by atoms with Gasteiger partial charge in [0, 0.05) is 25.6 Å². The number of carbonyl (C=O) groups excluding carboxylic acids is 1. The number of hydrogen-bond acceptors (Lipinski definition) is 4. The molecule has 4 aromatic carbocycles. The molecule has 0 aliphatic heterocycles. The highest BCUT2D eigenvalue weighted by Gasteiger charge is 2.12. The first-order valence-corrected chi connectivity index (χ1v) is 11.4. The molecule has 0 aliphatic carbocycles. The van der Waals surface area contributed by atoms with Crippen LogP contribution in [-0.4, -0.2) is 17.2 Å². The van der Waals surface area contributed by atoms with E-state index in [1.54, 1.807) is 36.4 Å². The van der Waals surface area contributed by atoms with Crippen molar-refractivity contribution in [3.63, 3.8) is 0 Å². The Balaban J connectivity index is 1.49. The molecule has 0 aromatic heterocycles. The van der Waals surface area contributed by atoms with Crippen LogP contribution in [0.4, 0.5) is 0 Å². The van der Waals surface area contributed by atoms with Crippen LogP contribution in [0.3, 0.4) is 0 Å². The van der Waals surface area contributed by atoms with Crippen LogP contribution in [0, 0.1) is 0 Å². The van der Waals surface area contributed by atoms with E-state index >= 15 is 0 Å². The lowest BCUT2D eigenvalue weighted by molar-refractivity contribution is 0.0952. The summed E-state index contributed by atoms with van der Waals surface area (Å²) in [6.45, 7) is 0.232. The molecule has 0 heterocycles. The average molecular weight is 544 g/mol. The molecule has 33 heavy (non-hydrogen) atoms. The number of aromatic hydroxyl groups is 1. The van der Waals surface area contributed by atoms with Crippen molar-refractivity contribution in [2.45, 2.75) is 6.61 Å². The largest absolute Gasteiger partial charge is 0.507 e. The van der Waals surface area contributed by atoms with Gasteiger partial charge in [-0.3, -0.25) is 4.79 Å². The molecule has 0 unspecified atom stereocenters. The molecule has 0 saturated heterocycles. The molecule has 1 amide bonds. The van der Waals surface area contributed by atoms with Crippen molar-refractivity contribution in [1.82, 2.24) is 5.43 Å². The Labute approximate surface area is 208 Å². The molecule has 0 aliphatic rings. The second-order valence-corrected chi connectivity index (χ2v) is 8.88. The summed E-state index contributed by atoms with van der Waals surface area (Å²) in [6, 6.07) is 21.3. The topological polar surface area (TPSA) is 70.9 Å². The van der Waals surface area contributed by atoms with Gasteiger partial charge < -0.3 is 9.84 Å². The zero-order chi connectivity index (χ0) is 23.4. The van der Waals surface area contributed by atoms with E-state index in [2.05, 4.69) is 26.5 Å². The molecule has 166 valence electrons. The molecule has 8 heteroatoms. The van der Waals surface area contributed by atoms with Gasteiger partial charge in [0.2, 0.25) is 0 Å². The number of rotatable bonds is 6. The summed E-state index contributed by atoms with van der Waals surface area (Å²) in [5.41, 5.74) is 4.01. The van der Waals surface area contributed by atoms with Crippen molar-refractivity contribution in [2.24, 2.45) is 5.10 Å². The summed E-state index contributed by atoms with van der Waals surface area (Å²) in [4.78, 5) is 12.6. The SMILES string of the molecule is O=C(NN=Cc1cc(Br)ccc1OCc1ccc(Cl)cc1Cl)c1cc2ccccc2cc1O. The second kappa shape index (κ2) is 10.3. The van der Waals surface area contributed by atoms with Crippen LogP contribution in [-0.2, 0) is 6.61 Å². The maximum Gasteiger partial charge on any atom is 0.275 e. The van der Waals surface area contributed by atoms with E-state index in [4.69, 9.17) is 27.9 Å². The van der Waals surface area contributed by atoms with Gasteiger partial charge in [-0.1, -0.05) is 69.5 Å². The third kappa shape index (κ3) is 5.66. The summed E-state index contributed by atoms with van der Waals surface area (Å²) < 4.78 is 6.73. The summed E-state index contributed by atoms with van der Waals surface area (Å²) >= 11 is 15.6. The van der Waals surface area contributed by atoms with Gasteiger partial charge in [-0.15, -0.1) is 0 Å². The van der Waals surface area contributed by atoms with Crippen molar-refractivity contribution < 1.29 is 14.6 Å². The van der Waals surface area contributed by atoms with Gasteiger partial charge in [0.25, 0.3) is 5.91 Å². The number of phenolic OH excluding ortho intramolecular Hbond substituents is 1. The molecule has 0 atom stereocenters. The minimum atomic E-state index is -0.528. The van der Waals surface area contributed by atoms with Gasteiger partial charge in [-0.25, -0.2) is 5.43 Å². The zero-order valence-corrected chi connectivity index (χ0v) is 20.2. The highest BCUT2D eigenvalue weighted by atomic mass is 79.9. The Hall–Kier alpha value is -3.06. The minimum absolute atomic E-state index is 0.118. The third-order valence-electron chi connectivity index (χ3n) is 4.85. The van der Waals surface area contributed by atoms with Crippen LogP contribution in [0.2, 0.25) is 10.0 Å². The van der Waals surface area contributed by atoms with E-state index in [0.29, 0.717) is 21.4 Å². The lowest BCUT2D eigenvalue weighted by Crippen LogP contribution is -2.17. The molecule has 0 spiro atoms. The van der Waals surface area contributed by atoms with E-state index in [1.165, 1.54) is 6.21 Å². The molecule has 2 N–H and O–H groups in total. The molecular weight excluding hydrogens is 527 g/mol. The third-order valence-corrected chi connectivity index (χ3v) is 5.93. The lowest BCUT2D eigenvalue weighted by Gasteiger charge is -2.11. The summed E-state index contributed by atoms with van der Waals surface area (Å²) in [5.74, 6) is -0.0941. The molecule has 4 aromatic rings. The molecular formula is C25H17BrCl2N2O3. The highest BCUT2D eigenvalue weighted by Crippen LogP contribution is 2.27. The van der Waals surface area contributed by atoms with E-state index < -0.39 is 5.91 Å². The van der Waals surface area contributed by atoms with Gasteiger partial charge in [0.05, 0.1) is 11.8 Å². The molecule has 0 radical (unpaired) electrons. The predicted molar refractivity (Wildman–Crippen MR) is 136 cm³/mol. The van der Waals surface area contributed by atoms with Crippen molar-refractivity contribution >= 4 is 62.0 Å². The Kier molecular flexibility index (Phi) is 7.18. The van der Waals surface area contributed by atoms with Crippen LogP contribution >= 0.6 is 39.1 Å². The van der Waals surface area contributed by atoms with Gasteiger partial charge >= 0.3 is 0 Å². The first-order chi connectivity index (χ1) is 15.9. The maximum absolute atomic E-state index is 12.6. The van der Waals surface area contributed by atoms with Crippen molar-refractivity contribution in [1.29, 1.82) is 0 Å². The molecule has 5 nitrogen and oxygen atoms in total. The van der Waals surface area contributed by atoms with E-state index in [-0.39, 0.29) is 17.9 Å². The Morgan fingerprint density at radius 3 is 2.55 bits per heavy atom. The number of halogens is 3. The molecule has 0 saturated carbocycles. The normalized spacial score (nSPS) is 11.1. The number of phenols is 1. The molecule has 0 bridgehead atoms. The number of carbonyl (C=O) groups is 1. The molecule has 0 fully saturated rings. The van der Waals surface area contributed by atoms with Gasteiger partial charge in [-0.05, 0) is 53.2 Å². The maximum atomic E-state index is 12.6. The van der Waals surface area contributed by atoms with Crippen LogP contribution < -0.4 is 10.2 Å². The van der Waals surface area contributed by atoms with Gasteiger partial charge in [0.1, 0.15) is 18.1 Å². The quantitative estimate of drug-likeness (QED) is 0.204. The van der Waals surface area contributed by atoms with Crippen LogP contribution in [0.15, 0.2) is 82.4 Å². The standard InChI is InChI=1S/C25H17BrCl2N2O3/c26-19-6-8-24(33-14-17-5-7-20(27)12-22(17)28)18(9-19)13-29-30-25(32)21-10-15-3-1-2-4-16(15)11-23(21)31/h1-13,31H,14H2,(H,30,32). The number of hydrazone groups is 1. The van der Waals surface area contributed by atoms with Crippen molar-refractivity contribution in [3.8, 4) is 11.5 Å². The fourth-order valence-corrected chi connectivity index (χ4v) is 4.02. The summed E-state index contributed by atoms with van der Waals surface area (Å²) in [7, 11) is 0. The monoisotopic (exact) mass is 542 g/mol. The van der Waals surface area contributed by atoms with Gasteiger partial charge in [0.15, 0.2) is 0 Å². The van der Waals surface area contributed by atoms with Crippen molar-refractivity contribution in [3.05, 3.63) is 104 Å². The number of benzene rings is 4. The fourth-order valence-electron chi connectivity index (χ4n) is 3.18. The highest BCUT2D eigenvalue weighted by molar-refractivity contribution is 9.10. The van der Waals surface area contributed by atoms with E-state index in [9.17, 15) is 9.90 Å².